The molecule has 0 saturated heterocycles. The molecule has 2 aromatic rings. The number of nitrogens with two attached hydrogens (primary N) is 1. The van der Waals surface area contributed by atoms with E-state index in [1.807, 2.05) is 43.3 Å². The van der Waals surface area contributed by atoms with E-state index >= 15 is 0 Å². The van der Waals surface area contributed by atoms with Gasteiger partial charge in [0.2, 0.25) is 0 Å². The minimum absolute atomic E-state index is 0.489. The average molecular weight is 248 g/mol. The Morgan fingerprint density at radius 1 is 1.12 bits per heavy atom. The van der Waals surface area contributed by atoms with Crippen LogP contribution in [0.3, 0.4) is 0 Å². The zero-order valence-corrected chi connectivity index (χ0v) is 10.4. The van der Waals surface area contributed by atoms with Crippen LogP contribution in [0.25, 0.3) is 0 Å². The van der Waals surface area contributed by atoms with Crippen molar-refractivity contribution in [1.29, 1.82) is 0 Å². The van der Waals surface area contributed by atoms with Gasteiger partial charge in [0.15, 0.2) is 0 Å². The van der Waals surface area contributed by atoms with Gasteiger partial charge in [0.05, 0.1) is 10.7 Å². The molecule has 0 aliphatic rings. The zero-order chi connectivity index (χ0) is 12.3. The van der Waals surface area contributed by atoms with Crippen molar-refractivity contribution < 1.29 is 4.74 Å². The molecule has 0 amide bonds. The van der Waals surface area contributed by atoms with E-state index in [-0.39, 0.29) is 0 Å². The van der Waals surface area contributed by atoms with Crippen LogP contribution in [-0.4, -0.2) is 0 Å². The van der Waals surface area contributed by atoms with Crippen molar-refractivity contribution in [3.8, 4) is 5.75 Å². The lowest BCUT2D eigenvalue weighted by Crippen LogP contribution is -1.96. The highest BCUT2D eigenvalue weighted by molar-refractivity contribution is 6.33. The summed E-state index contributed by atoms with van der Waals surface area (Å²) in [5.41, 5.74) is 8.45. The lowest BCUT2D eigenvalue weighted by molar-refractivity contribution is 0.306. The highest BCUT2D eigenvalue weighted by Gasteiger charge is 1.99. The van der Waals surface area contributed by atoms with Crippen LogP contribution in [0.1, 0.15) is 11.1 Å². The number of benzene rings is 2. The molecule has 0 bridgehead atoms. The second kappa shape index (κ2) is 5.11. The first-order valence-electron chi connectivity index (χ1n) is 5.38. The molecule has 2 rings (SSSR count). The molecule has 0 aliphatic carbocycles. The Hall–Kier alpha value is -1.67. The third kappa shape index (κ3) is 3.14. The maximum atomic E-state index is 5.94. The van der Waals surface area contributed by atoms with Crippen LogP contribution in [0.4, 0.5) is 5.69 Å². The first-order chi connectivity index (χ1) is 8.15. The van der Waals surface area contributed by atoms with Crippen molar-refractivity contribution in [2.45, 2.75) is 13.5 Å². The smallest absolute Gasteiger partial charge is 0.119 e. The summed E-state index contributed by atoms with van der Waals surface area (Å²) in [7, 11) is 0. The Kier molecular flexibility index (Phi) is 3.55. The van der Waals surface area contributed by atoms with Crippen LogP contribution in [0.15, 0.2) is 42.5 Å². The van der Waals surface area contributed by atoms with Gasteiger partial charge in [-0.3, -0.25) is 0 Å². The summed E-state index contributed by atoms with van der Waals surface area (Å²) in [6.45, 7) is 2.53. The summed E-state index contributed by atoms with van der Waals surface area (Å²) in [6.07, 6.45) is 0. The summed E-state index contributed by atoms with van der Waals surface area (Å²) in [6, 6.07) is 13.5. The average Bonchev–Trinajstić information content (AvgIpc) is 2.33. The van der Waals surface area contributed by atoms with Crippen LogP contribution in [0.2, 0.25) is 5.02 Å². The number of hydrogen-bond acceptors (Lipinski definition) is 2. The van der Waals surface area contributed by atoms with Gasteiger partial charge in [0.25, 0.3) is 0 Å². The van der Waals surface area contributed by atoms with Crippen molar-refractivity contribution in [1.82, 2.24) is 0 Å². The first kappa shape index (κ1) is 11.8. The van der Waals surface area contributed by atoms with Crippen LogP contribution in [0.5, 0.6) is 5.75 Å². The fraction of sp³-hybridized carbons (Fsp3) is 0.143. The fourth-order valence-electron chi connectivity index (χ4n) is 1.46. The quantitative estimate of drug-likeness (QED) is 0.837. The van der Waals surface area contributed by atoms with E-state index in [4.69, 9.17) is 22.1 Å². The third-order valence-corrected chi connectivity index (χ3v) is 2.82. The molecule has 0 saturated carbocycles. The van der Waals surface area contributed by atoms with E-state index < -0.39 is 0 Å². The largest absolute Gasteiger partial charge is 0.489 e. The van der Waals surface area contributed by atoms with E-state index in [0.717, 1.165) is 11.3 Å². The monoisotopic (exact) mass is 247 g/mol. The molecule has 0 atom stereocenters. The number of aryl methyl sites for hydroxylation is 1. The van der Waals surface area contributed by atoms with E-state index in [0.29, 0.717) is 17.3 Å². The Bertz CT molecular complexity index is 508. The molecule has 0 unspecified atom stereocenters. The molecule has 2 nitrogen and oxygen atoms in total. The normalized spacial score (nSPS) is 10.2. The molecule has 0 heterocycles. The van der Waals surface area contributed by atoms with Gasteiger partial charge in [0, 0.05) is 0 Å². The number of anilines is 1. The molecular weight excluding hydrogens is 234 g/mol. The predicted molar refractivity (Wildman–Crippen MR) is 71.4 cm³/mol. The van der Waals surface area contributed by atoms with Gasteiger partial charge in [-0.05, 0) is 36.8 Å². The molecule has 0 aromatic heterocycles. The lowest BCUT2D eigenvalue weighted by Gasteiger charge is -2.07. The second-order valence-electron chi connectivity index (χ2n) is 3.96. The highest BCUT2D eigenvalue weighted by atomic mass is 35.5. The van der Waals surface area contributed by atoms with Crippen LogP contribution in [0, 0.1) is 6.92 Å². The SMILES string of the molecule is Cc1ccc(OCc2ccc(N)c(Cl)c2)cc1. The van der Waals surface area contributed by atoms with Crippen molar-refractivity contribution in [2.75, 3.05) is 5.73 Å². The predicted octanol–water partition coefficient (Wildman–Crippen LogP) is 3.81. The van der Waals surface area contributed by atoms with Crippen LogP contribution in [-0.2, 0) is 6.61 Å². The van der Waals surface area contributed by atoms with Crippen molar-refractivity contribution in [3.05, 3.63) is 58.6 Å². The number of rotatable bonds is 3. The van der Waals surface area contributed by atoms with Gasteiger partial charge in [-0.2, -0.15) is 0 Å². The molecule has 88 valence electrons. The number of hydrogen-bond donors (Lipinski definition) is 1. The van der Waals surface area contributed by atoms with E-state index in [1.54, 1.807) is 6.07 Å². The minimum atomic E-state index is 0.489. The molecule has 0 radical (unpaired) electrons. The maximum Gasteiger partial charge on any atom is 0.119 e. The topological polar surface area (TPSA) is 35.2 Å². The van der Waals surface area contributed by atoms with Crippen molar-refractivity contribution in [2.24, 2.45) is 0 Å². The Morgan fingerprint density at radius 3 is 2.47 bits per heavy atom. The molecule has 0 spiro atoms. The van der Waals surface area contributed by atoms with Crippen LogP contribution >= 0.6 is 11.6 Å². The van der Waals surface area contributed by atoms with Gasteiger partial charge in [-0.1, -0.05) is 35.4 Å². The van der Waals surface area contributed by atoms with Crippen molar-refractivity contribution >= 4 is 17.3 Å². The molecule has 0 aliphatic heterocycles. The zero-order valence-electron chi connectivity index (χ0n) is 9.61. The standard InChI is InChI=1S/C14H14ClNO/c1-10-2-5-12(6-3-10)17-9-11-4-7-14(16)13(15)8-11/h2-8H,9,16H2,1H3. The summed E-state index contributed by atoms with van der Waals surface area (Å²) < 4.78 is 5.64. The molecule has 3 heteroatoms. The highest BCUT2D eigenvalue weighted by Crippen LogP contribution is 2.21. The van der Waals surface area contributed by atoms with Crippen LogP contribution < -0.4 is 10.5 Å². The molecular formula is C14H14ClNO. The molecule has 17 heavy (non-hydrogen) atoms. The maximum absolute atomic E-state index is 5.94. The molecule has 2 N–H and O–H groups in total. The Balaban J connectivity index is 2.02. The number of ether oxygens (including phenoxy) is 1. The van der Waals surface area contributed by atoms with Crippen molar-refractivity contribution in [3.63, 3.8) is 0 Å². The van der Waals surface area contributed by atoms with E-state index in [2.05, 4.69) is 0 Å². The van der Waals surface area contributed by atoms with Gasteiger partial charge in [-0.15, -0.1) is 0 Å². The first-order valence-corrected chi connectivity index (χ1v) is 5.76. The number of halogens is 1. The Morgan fingerprint density at radius 2 is 1.82 bits per heavy atom. The lowest BCUT2D eigenvalue weighted by atomic mass is 10.2. The van der Waals surface area contributed by atoms with Gasteiger partial charge in [0.1, 0.15) is 12.4 Å². The molecule has 0 fully saturated rings. The van der Waals surface area contributed by atoms with Gasteiger partial charge in [-0.25, -0.2) is 0 Å². The van der Waals surface area contributed by atoms with Gasteiger partial charge < -0.3 is 10.5 Å². The Labute approximate surface area is 106 Å². The minimum Gasteiger partial charge on any atom is -0.489 e. The third-order valence-electron chi connectivity index (χ3n) is 2.49. The summed E-state index contributed by atoms with van der Waals surface area (Å²) in [5, 5.41) is 0.565. The van der Waals surface area contributed by atoms with E-state index in [9.17, 15) is 0 Å². The fourth-order valence-corrected chi connectivity index (χ4v) is 1.66. The summed E-state index contributed by atoms with van der Waals surface area (Å²) in [4.78, 5) is 0. The summed E-state index contributed by atoms with van der Waals surface area (Å²) >= 11 is 5.94. The second-order valence-corrected chi connectivity index (χ2v) is 4.36. The van der Waals surface area contributed by atoms with E-state index in [1.165, 1.54) is 5.56 Å². The number of nitrogen functional groups attached to an aromatic ring is 1. The molecule has 2 aromatic carbocycles. The summed E-state index contributed by atoms with van der Waals surface area (Å²) in [5.74, 6) is 0.851. The van der Waals surface area contributed by atoms with Gasteiger partial charge >= 0.3 is 0 Å².